The van der Waals surface area contributed by atoms with Gasteiger partial charge in [-0.25, -0.2) is 9.37 Å². The quantitative estimate of drug-likeness (QED) is 0.811. The summed E-state index contributed by atoms with van der Waals surface area (Å²) in [6.45, 7) is 2.21. The number of rotatable bonds is 2. The van der Waals surface area contributed by atoms with Crippen LogP contribution in [0.15, 0.2) is 22.7 Å². The number of hydrogen-bond acceptors (Lipinski definition) is 2. The Labute approximate surface area is 115 Å². The number of pyridine rings is 1. The van der Waals surface area contributed by atoms with Crippen LogP contribution >= 0.6 is 15.9 Å². The minimum absolute atomic E-state index is 0.0357. The molecule has 0 spiro atoms. The second kappa shape index (κ2) is 4.96. The third-order valence-electron chi connectivity index (χ3n) is 2.51. The predicted molar refractivity (Wildman–Crippen MR) is 68.6 cm³/mol. The zero-order valence-corrected chi connectivity index (χ0v) is 11.4. The lowest BCUT2D eigenvalue weighted by molar-refractivity contribution is -0.140. The van der Waals surface area contributed by atoms with E-state index in [0.717, 1.165) is 12.1 Å². The lowest BCUT2D eigenvalue weighted by Crippen LogP contribution is -2.10. The Hall–Kier alpha value is -1.37. The van der Waals surface area contributed by atoms with Crippen LogP contribution in [0.2, 0.25) is 0 Å². The fourth-order valence-corrected chi connectivity index (χ4v) is 2.05. The van der Waals surface area contributed by atoms with Gasteiger partial charge in [0.15, 0.2) is 0 Å². The van der Waals surface area contributed by atoms with Gasteiger partial charge in [-0.05, 0) is 35.0 Å². The largest absolute Gasteiger partial charge is 0.433 e. The Morgan fingerprint density at radius 2 is 1.95 bits per heavy atom. The van der Waals surface area contributed by atoms with E-state index >= 15 is 0 Å². The van der Waals surface area contributed by atoms with E-state index in [2.05, 4.69) is 26.2 Å². The molecule has 7 heteroatoms. The molecular formula is C12H9BrF4N2. The van der Waals surface area contributed by atoms with Gasteiger partial charge < -0.3 is 5.32 Å². The molecule has 0 atom stereocenters. The summed E-state index contributed by atoms with van der Waals surface area (Å²) >= 11 is 3.01. The lowest BCUT2D eigenvalue weighted by atomic mass is 10.1. The van der Waals surface area contributed by atoms with Gasteiger partial charge >= 0.3 is 6.18 Å². The second-order valence-electron chi connectivity index (χ2n) is 3.87. The molecule has 1 aromatic heterocycles. The maximum absolute atomic E-state index is 13.4. The number of anilines is 1. The van der Waals surface area contributed by atoms with Gasteiger partial charge in [0.25, 0.3) is 0 Å². The zero-order chi connectivity index (χ0) is 14.2. The van der Waals surface area contributed by atoms with Crippen LogP contribution in [0.1, 0.15) is 12.6 Å². The summed E-state index contributed by atoms with van der Waals surface area (Å²) in [4.78, 5) is 3.47. The van der Waals surface area contributed by atoms with Crippen LogP contribution in [0.25, 0.3) is 10.9 Å². The smallest absolute Gasteiger partial charge is 0.385 e. The Balaban J connectivity index is 2.75. The van der Waals surface area contributed by atoms with Crippen LogP contribution in [0, 0.1) is 5.82 Å². The van der Waals surface area contributed by atoms with E-state index in [1.165, 1.54) is 6.07 Å². The van der Waals surface area contributed by atoms with Gasteiger partial charge in [0.2, 0.25) is 0 Å². The summed E-state index contributed by atoms with van der Waals surface area (Å²) in [6, 6.07) is 3.32. The number of halogens is 5. The highest BCUT2D eigenvalue weighted by Crippen LogP contribution is 2.34. The Bertz CT molecular complexity index is 625. The van der Waals surface area contributed by atoms with Crippen molar-refractivity contribution < 1.29 is 17.6 Å². The fourth-order valence-electron chi connectivity index (χ4n) is 1.70. The van der Waals surface area contributed by atoms with E-state index in [9.17, 15) is 17.6 Å². The van der Waals surface area contributed by atoms with E-state index in [-0.39, 0.29) is 15.7 Å². The van der Waals surface area contributed by atoms with Gasteiger partial charge in [-0.15, -0.1) is 0 Å². The molecule has 2 rings (SSSR count). The third kappa shape index (κ3) is 2.80. The maximum Gasteiger partial charge on any atom is 0.433 e. The molecule has 0 unspecified atom stereocenters. The summed E-state index contributed by atoms with van der Waals surface area (Å²) in [7, 11) is 0. The first-order chi connectivity index (χ1) is 8.82. The highest BCUT2D eigenvalue weighted by atomic mass is 79.9. The number of hydrogen-bond donors (Lipinski definition) is 1. The Morgan fingerprint density at radius 3 is 2.53 bits per heavy atom. The van der Waals surface area contributed by atoms with Gasteiger partial charge in [0.05, 0.1) is 9.99 Å². The molecule has 1 aromatic carbocycles. The molecule has 102 valence electrons. The van der Waals surface area contributed by atoms with Crippen molar-refractivity contribution in [1.82, 2.24) is 4.98 Å². The van der Waals surface area contributed by atoms with Crippen molar-refractivity contribution in [2.24, 2.45) is 0 Å². The van der Waals surface area contributed by atoms with E-state index in [4.69, 9.17) is 0 Å². The number of nitrogens with one attached hydrogen (secondary N) is 1. The van der Waals surface area contributed by atoms with Crippen molar-refractivity contribution in [2.75, 3.05) is 11.9 Å². The molecule has 0 aliphatic carbocycles. The molecule has 0 saturated heterocycles. The third-order valence-corrected chi connectivity index (χ3v) is 3.12. The highest BCUT2D eigenvalue weighted by molar-refractivity contribution is 9.10. The average Bonchev–Trinajstić information content (AvgIpc) is 2.30. The van der Waals surface area contributed by atoms with Gasteiger partial charge in [-0.3, -0.25) is 0 Å². The van der Waals surface area contributed by atoms with Crippen LogP contribution in [0.3, 0.4) is 0 Å². The maximum atomic E-state index is 13.4. The van der Waals surface area contributed by atoms with Crippen LogP contribution < -0.4 is 5.32 Å². The number of alkyl halides is 3. The molecule has 0 fully saturated rings. The highest BCUT2D eigenvalue weighted by Gasteiger charge is 2.33. The lowest BCUT2D eigenvalue weighted by Gasteiger charge is -2.13. The number of aromatic nitrogens is 1. The summed E-state index contributed by atoms with van der Waals surface area (Å²) in [5, 5.41) is 3.26. The molecule has 1 heterocycles. The van der Waals surface area contributed by atoms with E-state index < -0.39 is 17.7 Å². The predicted octanol–water partition coefficient (Wildman–Crippen LogP) is 4.59. The van der Waals surface area contributed by atoms with Gasteiger partial charge in [0, 0.05) is 23.7 Å². The number of fused-ring (bicyclic) bond motifs is 1. The minimum atomic E-state index is -4.57. The number of nitrogens with zero attached hydrogens (tertiary/aromatic N) is 1. The van der Waals surface area contributed by atoms with Crippen LogP contribution in [-0.2, 0) is 6.18 Å². The van der Waals surface area contributed by atoms with E-state index in [1.807, 2.05) is 0 Å². The SMILES string of the molecule is CCNc1cc(C(F)(F)F)nc2cc(F)c(Br)cc12. The molecule has 0 saturated carbocycles. The van der Waals surface area contributed by atoms with Crippen LogP contribution in [0.4, 0.5) is 23.2 Å². The van der Waals surface area contributed by atoms with E-state index in [0.29, 0.717) is 11.9 Å². The zero-order valence-electron chi connectivity index (χ0n) is 9.78. The first-order valence-electron chi connectivity index (χ1n) is 5.43. The van der Waals surface area contributed by atoms with Gasteiger partial charge in [-0.1, -0.05) is 0 Å². The van der Waals surface area contributed by atoms with Crippen molar-refractivity contribution in [1.29, 1.82) is 0 Å². The topological polar surface area (TPSA) is 24.9 Å². The molecule has 2 aromatic rings. The summed E-state index contributed by atoms with van der Waals surface area (Å²) in [6.07, 6.45) is -4.57. The molecule has 2 nitrogen and oxygen atoms in total. The Morgan fingerprint density at radius 1 is 1.26 bits per heavy atom. The van der Waals surface area contributed by atoms with Gasteiger partial charge in [-0.2, -0.15) is 13.2 Å². The molecule has 0 radical (unpaired) electrons. The molecule has 0 amide bonds. The summed E-state index contributed by atoms with van der Waals surface area (Å²) in [5.41, 5.74) is -0.801. The summed E-state index contributed by atoms with van der Waals surface area (Å²) in [5.74, 6) is -0.651. The molecular weight excluding hydrogens is 328 g/mol. The fraction of sp³-hybridized carbons (Fsp3) is 0.250. The van der Waals surface area contributed by atoms with Crippen molar-refractivity contribution in [2.45, 2.75) is 13.1 Å². The average molecular weight is 337 g/mol. The molecule has 0 aliphatic rings. The Kier molecular flexibility index (Phi) is 3.66. The normalized spacial score (nSPS) is 11.9. The van der Waals surface area contributed by atoms with Crippen molar-refractivity contribution in [3.63, 3.8) is 0 Å². The molecule has 0 aliphatic heterocycles. The first kappa shape index (κ1) is 14.0. The monoisotopic (exact) mass is 336 g/mol. The molecule has 0 bridgehead atoms. The van der Waals surface area contributed by atoms with E-state index in [1.54, 1.807) is 6.92 Å². The minimum Gasteiger partial charge on any atom is -0.385 e. The molecule has 1 N–H and O–H groups in total. The van der Waals surface area contributed by atoms with Crippen molar-refractivity contribution in [3.8, 4) is 0 Å². The molecule has 19 heavy (non-hydrogen) atoms. The summed E-state index contributed by atoms with van der Waals surface area (Å²) < 4.78 is 51.8. The second-order valence-corrected chi connectivity index (χ2v) is 4.72. The number of benzene rings is 1. The van der Waals surface area contributed by atoms with Crippen LogP contribution in [-0.4, -0.2) is 11.5 Å². The standard InChI is InChI=1S/C12H9BrF4N2/c1-2-18-9-5-11(12(15,16)17)19-10-4-8(14)7(13)3-6(9)10/h3-5H,2H2,1H3,(H,18,19). The first-order valence-corrected chi connectivity index (χ1v) is 6.23. The van der Waals surface area contributed by atoms with Crippen molar-refractivity contribution in [3.05, 3.63) is 34.2 Å². The van der Waals surface area contributed by atoms with Crippen LogP contribution in [0.5, 0.6) is 0 Å². The van der Waals surface area contributed by atoms with Gasteiger partial charge in [0.1, 0.15) is 11.5 Å². The van der Waals surface area contributed by atoms with Crippen molar-refractivity contribution >= 4 is 32.5 Å².